The Morgan fingerprint density at radius 3 is 2.79 bits per heavy atom. The van der Waals surface area contributed by atoms with E-state index >= 15 is 0 Å². The highest BCUT2D eigenvalue weighted by Gasteiger charge is 2.12. The molecule has 0 bridgehead atoms. The minimum atomic E-state index is 0.111. The molecule has 0 aliphatic heterocycles. The first-order valence-electron chi connectivity index (χ1n) is 7.53. The van der Waals surface area contributed by atoms with Gasteiger partial charge < -0.3 is 10.5 Å². The summed E-state index contributed by atoms with van der Waals surface area (Å²) in [7, 11) is 0. The highest BCUT2D eigenvalue weighted by atomic mass is 16.5. The van der Waals surface area contributed by atoms with Crippen LogP contribution in [0, 0.1) is 0 Å². The molecule has 0 radical (unpaired) electrons. The van der Waals surface area contributed by atoms with E-state index in [4.69, 9.17) is 10.5 Å². The summed E-state index contributed by atoms with van der Waals surface area (Å²) in [6.07, 6.45) is 3.42. The molecule has 0 saturated carbocycles. The minimum absolute atomic E-state index is 0.111. The van der Waals surface area contributed by atoms with Crippen LogP contribution in [0.2, 0.25) is 0 Å². The molecule has 1 aromatic carbocycles. The van der Waals surface area contributed by atoms with Crippen LogP contribution >= 0.6 is 0 Å². The largest absolute Gasteiger partial charge is 0.476 e. The summed E-state index contributed by atoms with van der Waals surface area (Å²) in [5.74, 6) is 0.448. The van der Waals surface area contributed by atoms with Crippen LogP contribution in [0.3, 0.4) is 0 Å². The minimum Gasteiger partial charge on any atom is -0.476 e. The molecule has 7 nitrogen and oxygen atoms in total. The van der Waals surface area contributed by atoms with Crippen molar-refractivity contribution in [2.45, 2.75) is 6.92 Å². The van der Waals surface area contributed by atoms with Crippen molar-refractivity contribution in [3.05, 3.63) is 42.7 Å². The standard InChI is InChI=1S/C17H14N6O/c1-2-24-16-14-15(22-17(18)23-16)20-9-13(21-14)11-7-10-5-3-4-6-12(10)19-8-11/h3-9H,2H2,1H3,(H2,18,20,22,23). The summed E-state index contributed by atoms with van der Waals surface area (Å²) >= 11 is 0. The Kier molecular flexibility index (Phi) is 3.38. The van der Waals surface area contributed by atoms with Gasteiger partial charge in [-0.05, 0) is 19.1 Å². The predicted octanol–water partition coefficient (Wildman–Crippen LogP) is 2.62. The number of rotatable bonds is 3. The first kappa shape index (κ1) is 14.3. The maximum atomic E-state index is 5.69. The Morgan fingerprint density at radius 1 is 1.04 bits per heavy atom. The van der Waals surface area contributed by atoms with Crippen molar-refractivity contribution >= 4 is 28.0 Å². The molecule has 0 saturated heterocycles. The van der Waals surface area contributed by atoms with Crippen molar-refractivity contribution in [3.8, 4) is 17.1 Å². The third-order valence-electron chi connectivity index (χ3n) is 3.56. The molecule has 0 amide bonds. The van der Waals surface area contributed by atoms with Crippen LogP contribution in [0.1, 0.15) is 6.92 Å². The van der Waals surface area contributed by atoms with Gasteiger partial charge in [-0.2, -0.15) is 9.97 Å². The normalized spacial score (nSPS) is 11.0. The quantitative estimate of drug-likeness (QED) is 0.619. The summed E-state index contributed by atoms with van der Waals surface area (Å²) in [4.78, 5) is 21.6. The van der Waals surface area contributed by atoms with E-state index in [0.29, 0.717) is 29.3 Å². The molecule has 0 aliphatic carbocycles. The summed E-state index contributed by atoms with van der Waals surface area (Å²) in [5, 5.41) is 1.04. The lowest BCUT2D eigenvalue weighted by atomic mass is 10.1. The average Bonchev–Trinajstić information content (AvgIpc) is 2.61. The van der Waals surface area contributed by atoms with Gasteiger partial charge in [-0.3, -0.25) is 4.98 Å². The zero-order valence-corrected chi connectivity index (χ0v) is 13.0. The van der Waals surface area contributed by atoms with Crippen LogP contribution in [-0.4, -0.2) is 31.5 Å². The van der Waals surface area contributed by atoms with Gasteiger partial charge in [0.1, 0.15) is 0 Å². The maximum absolute atomic E-state index is 5.69. The van der Waals surface area contributed by atoms with E-state index in [-0.39, 0.29) is 5.95 Å². The fourth-order valence-corrected chi connectivity index (χ4v) is 2.49. The van der Waals surface area contributed by atoms with Crippen LogP contribution in [0.4, 0.5) is 5.95 Å². The van der Waals surface area contributed by atoms with E-state index in [1.54, 1.807) is 12.4 Å². The number of benzene rings is 1. The third-order valence-corrected chi connectivity index (χ3v) is 3.56. The van der Waals surface area contributed by atoms with E-state index in [1.807, 2.05) is 37.3 Å². The summed E-state index contributed by atoms with van der Waals surface area (Å²) in [6, 6.07) is 9.94. The topological polar surface area (TPSA) is 99.7 Å². The molecule has 4 aromatic rings. The van der Waals surface area contributed by atoms with Gasteiger partial charge >= 0.3 is 0 Å². The van der Waals surface area contributed by atoms with Gasteiger partial charge in [-0.15, -0.1) is 0 Å². The lowest BCUT2D eigenvalue weighted by Gasteiger charge is -2.08. The molecule has 0 fully saturated rings. The third kappa shape index (κ3) is 2.45. The number of anilines is 1. The second-order valence-corrected chi connectivity index (χ2v) is 5.16. The summed E-state index contributed by atoms with van der Waals surface area (Å²) in [5.41, 5.74) is 9.05. The number of aromatic nitrogens is 5. The number of hydrogen-bond acceptors (Lipinski definition) is 7. The lowest BCUT2D eigenvalue weighted by Crippen LogP contribution is -2.04. The lowest BCUT2D eigenvalue weighted by molar-refractivity contribution is 0.330. The van der Waals surface area contributed by atoms with Crippen LogP contribution in [0.15, 0.2) is 42.7 Å². The average molecular weight is 318 g/mol. The fraction of sp³-hybridized carbons (Fsp3) is 0.118. The smallest absolute Gasteiger partial charge is 0.247 e. The molecule has 0 unspecified atom stereocenters. The number of para-hydroxylation sites is 1. The van der Waals surface area contributed by atoms with Crippen molar-refractivity contribution < 1.29 is 4.74 Å². The Balaban J connectivity index is 1.89. The number of pyridine rings is 1. The maximum Gasteiger partial charge on any atom is 0.247 e. The molecular weight excluding hydrogens is 304 g/mol. The SMILES string of the molecule is CCOc1nc(N)nc2ncc(-c3cnc4ccccc4c3)nc12. The van der Waals surface area contributed by atoms with Crippen molar-refractivity contribution in [3.63, 3.8) is 0 Å². The highest BCUT2D eigenvalue weighted by molar-refractivity contribution is 5.84. The van der Waals surface area contributed by atoms with Gasteiger partial charge in [0.15, 0.2) is 11.2 Å². The number of nitrogens with two attached hydrogens (primary N) is 1. The Labute approximate surface area is 137 Å². The van der Waals surface area contributed by atoms with E-state index in [1.165, 1.54) is 0 Å². The molecule has 7 heteroatoms. The number of hydrogen-bond donors (Lipinski definition) is 1. The first-order valence-corrected chi connectivity index (χ1v) is 7.53. The van der Waals surface area contributed by atoms with Crippen LogP contribution in [0.5, 0.6) is 5.88 Å². The number of ether oxygens (including phenoxy) is 1. The molecule has 24 heavy (non-hydrogen) atoms. The van der Waals surface area contributed by atoms with Gasteiger partial charge in [0.2, 0.25) is 11.8 Å². The van der Waals surface area contributed by atoms with Crippen LogP contribution < -0.4 is 10.5 Å². The highest BCUT2D eigenvalue weighted by Crippen LogP contribution is 2.25. The molecular formula is C17H14N6O. The van der Waals surface area contributed by atoms with Crippen LogP contribution in [0.25, 0.3) is 33.3 Å². The molecule has 118 valence electrons. The number of fused-ring (bicyclic) bond motifs is 2. The molecule has 2 N–H and O–H groups in total. The van der Waals surface area contributed by atoms with E-state index in [0.717, 1.165) is 16.5 Å². The van der Waals surface area contributed by atoms with E-state index in [2.05, 4.69) is 24.9 Å². The predicted molar refractivity (Wildman–Crippen MR) is 91.4 cm³/mol. The Morgan fingerprint density at radius 2 is 1.92 bits per heavy atom. The molecule has 0 aliphatic rings. The van der Waals surface area contributed by atoms with E-state index in [9.17, 15) is 0 Å². The Bertz CT molecular complexity index is 1050. The van der Waals surface area contributed by atoms with Crippen molar-refractivity contribution in [1.29, 1.82) is 0 Å². The van der Waals surface area contributed by atoms with Crippen molar-refractivity contribution in [2.24, 2.45) is 0 Å². The molecule has 3 heterocycles. The number of nitrogens with zero attached hydrogens (tertiary/aromatic N) is 5. The monoisotopic (exact) mass is 318 g/mol. The first-order chi connectivity index (χ1) is 11.7. The fourth-order valence-electron chi connectivity index (χ4n) is 2.49. The summed E-state index contributed by atoms with van der Waals surface area (Å²) in [6.45, 7) is 2.32. The van der Waals surface area contributed by atoms with Gasteiger partial charge in [-0.25, -0.2) is 9.97 Å². The number of nitrogen functional groups attached to an aromatic ring is 1. The second-order valence-electron chi connectivity index (χ2n) is 5.16. The van der Waals surface area contributed by atoms with Crippen LogP contribution in [-0.2, 0) is 0 Å². The van der Waals surface area contributed by atoms with Crippen molar-refractivity contribution in [1.82, 2.24) is 24.9 Å². The molecule has 4 rings (SSSR count). The molecule has 3 aromatic heterocycles. The van der Waals surface area contributed by atoms with Gasteiger partial charge in [-0.1, -0.05) is 18.2 Å². The van der Waals surface area contributed by atoms with Gasteiger partial charge in [0.25, 0.3) is 0 Å². The molecule has 0 spiro atoms. The van der Waals surface area contributed by atoms with E-state index < -0.39 is 0 Å². The second kappa shape index (κ2) is 5.69. The molecule has 0 atom stereocenters. The van der Waals surface area contributed by atoms with Gasteiger partial charge in [0, 0.05) is 17.1 Å². The summed E-state index contributed by atoms with van der Waals surface area (Å²) < 4.78 is 5.51. The van der Waals surface area contributed by atoms with Crippen molar-refractivity contribution in [2.75, 3.05) is 12.3 Å². The van der Waals surface area contributed by atoms with Gasteiger partial charge in [0.05, 0.1) is 24.0 Å². The zero-order valence-electron chi connectivity index (χ0n) is 13.0. The Hall–Kier alpha value is -3.35. The zero-order chi connectivity index (χ0) is 16.5.